The lowest BCUT2D eigenvalue weighted by Gasteiger charge is -2.07. The maximum Gasteiger partial charge on any atom is 0.271 e. The molecule has 0 saturated heterocycles. The largest absolute Gasteiger partial charge is 0.296 e. The van der Waals surface area contributed by atoms with E-state index in [1.165, 1.54) is 53.4 Å². The van der Waals surface area contributed by atoms with Gasteiger partial charge in [0.25, 0.3) is 15.9 Å². The Labute approximate surface area is 168 Å². The molecule has 3 aromatic rings. The molecule has 11 heteroatoms. The van der Waals surface area contributed by atoms with Gasteiger partial charge < -0.3 is 0 Å². The van der Waals surface area contributed by atoms with Crippen LogP contribution >= 0.6 is 34.4 Å². The maximum absolute atomic E-state index is 12.3. The lowest BCUT2D eigenvalue weighted by Crippen LogP contribution is -2.13. The van der Waals surface area contributed by atoms with Gasteiger partial charge in [0, 0.05) is 17.0 Å². The molecular formula is C16H14N4O3S4. The van der Waals surface area contributed by atoms with E-state index in [2.05, 4.69) is 26.8 Å². The van der Waals surface area contributed by atoms with Crippen molar-refractivity contribution in [3.8, 4) is 0 Å². The number of nitrogens with one attached hydrogen (secondary N) is 2. The molecule has 0 atom stereocenters. The van der Waals surface area contributed by atoms with Crippen LogP contribution in [0.4, 0.5) is 10.8 Å². The van der Waals surface area contributed by atoms with E-state index in [9.17, 15) is 13.2 Å². The number of thioether (sulfide) groups is 1. The molecular weight excluding hydrogens is 424 g/mol. The summed E-state index contributed by atoms with van der Waals surface area (Å²) in [5, 5.41) is 12.7. The SMILES string of the molecule is C=CCSc1nnc(NC(=O)c2ccc(NS(=O)(=O)c3cccs3)cc2)s1. The third-order valence-corrected chi connectivity index (χ3v) is 7.86. The summed E-state index contributed by atoms with van der Waals surface area (Å²) in [6.07, 6.45) is 1.76. The summed E-state index contributed by atoms with van der Waals surface area (Å²) in [4.78, 5) is 12.3. The van der Waals surface area contributed by atoms with Crippen molar-refractivity contribution in [3.05, 3.63) is 60.0 Å². The van der Waals surface area contributed by atoms with Crippen molar-refractivity contribution in [2.24, 2.45) is 0 Å². The van der Waals surface area contributed by atoms with Crippen molar-refractivity contribution in [3.63, 3.8) is 0 Å². The van der Waals surface area contributed by atoms with Crippen molar-refractivity contribution >= 4 is 61.2 Å². The van der Waals surface area contributed by atoms with Crippen LogP contribution in [0.15, 0.2) is 63.0 Å². The Bertz CT molecular complexity index is 1030. The van der Waals surface area contributed by atoms with Gasteiger partial charge in [-0.05, 0) is 35.7 Å². The molecule has 0 saturated carbocycles. The molecule has 3 rings (SSSR count). The molecule has 0 aliphatic carbocycles. The molecule has 2 N–H and O–H groups in total. The van der Waals surface area contributed by atoms with E-state index in [1.807, 2.05) is 0 Å². The van der Waals surface area contributed by atoms with Crippen molar-refractivity contribution in [1.82, 2.24) is 10.2 Å². The fourth-order valence-corrected chi connectivity index (χ4v) is 5.49. The van der Waals surface area contributed by atoms with Gasteiger partial charge >= 0.3 is 0 Å². The lowest BCUT2D eigenvalue weighted by atomic mass is 10.2. The molecule has 7 nitrogen and oxygen atoms in total. The number of anilines is 2. The second-order valence-corrected chi connectivity index (χ2v) is 10.1. The number of amides is 1. The summed E-state index contributed by atoms with van der Waals surface area (Å²) in [5.74, 6) is 0.366. The molecule has 0 aliphatic rings. The van der Waals surface area contributed by atoms with Crippen molar-refractivity contribution in [2.45, 2.75) is 8.55 Å². The molecule has 0 aliphatic heterocycles. The smallest absolute Gasteiger partial charge is 0.271 e. The molecule has 0 unspecified atom stereocenters. The van der Waals surface area contributed by atoms with Crippen LogP contribution < -0.4 is 10.0 Å². The average molecular weight is 439 g/mol. The van der Waals surface area contributed by atoms with Gasteiger partial charge in [0.1, 0.15) is 4.21 Å². The highest BCUT2D eigenvalue weighted by molar-refractivity contribution is 8.01. The summed E-state index contributed by atoms with van der Waals surface area (Å²) in [6.45, 7) is 3.64. The first-order valence-corrected chi connectivity index (χ1v) is 11.7. The highest BCUT2D eigenvalue weighted by atomic mass is 32.2. The standard InChI is InChI=1S/C16H14N4O3S4/c1-2-9-25-16-19-18-15(26-16)17-14(21)11-5-7-12(8-6-11)20-27(22,23)13-4-3-10-24-13/h2-8,10,20H,1,9H2,(H,17,18,21). The Morgan fingerprint density at radius 3 is 2.67 bits per heavy atom. The van der Waals surface area contributed by atoms with E-state index in [1.54, 1.807) is 17.5 Å². The normalized spacial score (nSPS) is 11.1. The van der Waals surface area contributed by atoms with Gasteiger partial charge in [0.2, 0.25) is 5.13 Å². The van der Waals surface area contributed by atoms with E-state index < -0.39 is 10.0 Å². The number of nitrogens with zero attached hydrogens (tertiary/aromatic N) is 2. The highest BCUT2D eigenvalue weighted by Crippen LogP contribution is 2.26. The lowest BCUT2D eigenvalue weighted by molar-refractivity contribution is 0.102. The van der Waals surface area contributed by atoms with Crippen LogP contribution in [0.2, 0.25) is 0 Å². The van der Waals surface area contributed by atoms with Crippen LogP contribution in [0, 0.1) is 0 Å². The number of thiophene rings is 1. The number of aromatic nitrogens is 2. The van der Waals surface area contributed by atoms with Gasteiger partial charge in [-0.2, -0.15) is 0 Å². The number of sulfonamides is 1. The Kier molecular flexibility index (Phi) is 6.26. The van der Waals surface area contributed by atoms with Crippen LogP contribution in [-0.2, 0) is 10.0 Å². The molecule has 0 spiro atoms. The molecule has 1 aromatic carbocycles. The van der Waals surface area contributed by atoms with Crippen molar-refractivity contribution < 1.29 is 13.2 Å². The molecule has 0 fully saturated rings. The highest BCUT2D eigenvalue weighted by Gasteiger charge is 2.16. The molecule has 27 heavy (non-hydrogen) atoms. The van der Waals surface area contributed by atoms with Crippen molar-refractivity contribution in [1.29, 1.82) is 0 Å². The molecule has 1 amide bonds. The predicted octanol–water partition coefficient (Wildman–Crippen LogP) is 3.93. The second kappa shape index (κ2) is 8.65. The van der Waals surface area contributed by atoms with E-state index in [4.69, 9.17) is 0 Å². The number of benzene rings is 1. The monoisotopic (exact) mass is 438 g/mol. The van der Waals surface area contributed by atoms with Crippen LogP contribution in [0.5, 0.6) is 0 Å². The minimum atomic E-state index is -3.61. The van der Waals surface area contributed by atoms with Crippen LogP contribution in [0.1, 0.15) is 10.4 Å². The third kappa shape index (κ3) is 5.16. The number of rotatable bonds is 8. The fraction of sp³-hybridized carbons (Fsp3) is 0.0625. The molecule has 2 aromatic heterocycles. The zero-order chi connectivity index (χ0) is 19.3. The minimum Gasteiger partial charge on any atom is -0.296 e. The summed E-state index contributed by atoms with van der Waals surface area (Å²) >= 11 is 3.89. The number of carbonyl (C=O) groups excluding carboxylic acids is 1. The summed E-state index contributed by atoms with van der Waals surface area (Å²) < 4.78 is 27.8. The third-order valence-electron chi connectivity index (χ3n) is 3.11. The van der Waals surface area contributed by atoms with Gasteiger partial charge in [0.15, 0.2) is 4.34 Å². The first-order chi connectivity index (χ1) is 13.0. The van der Waals surface area contributed by atoms with Gasteiger partial charge in [-0.15, -0.1) is 28.1 Å². The molecule has 140 valence electrons. The molecule has 2 heterocycles. The van der Waals surface area contributed by atoms with Crippen LogP contribution in [0.25, 0.3) is 0 Å². The Morgan fingerprint density at radius 1 is 1.22 bits per heavy atom. The van der Waals surface area contributed by atoms with E-state index in [0.717, 1.165) is 15.7 Å². The maximum atomic E-state index is 12.3. The number of hydrogen-bond acceptors (Lipinski definition) is 8. The first kappa shape index (κ1) is 19.5. The number of carbonyl (C=O) groups is 1. The quantitative estimate of drug-likeness (QED) is 0.314. The van der Waals surface area contributed by atoms with Gasteiger partial charge in [-0.25, -0.2) is 8.42 Å². The second-order valence-electron chi connectivity index (χ2n) is 5.04. The zero-order valence-electron chi connectivity index (χ0n) is 13.8. The van der Waals surface area contributed by atoms with E-state index >= 15 is 0 Å². The Morgan fingerprint density at radius 2 is 2.00 bits per heavy atom. The van der Waals surface area contributed by atoms with E-state index in [-0.39, 0.29) is 10.1 Å². The fourth-order valence-electron chi connectivity index (χ4n) is 1.93. The predicted molar refractivity (Wildman–Crippen MR) is 110 cm³/mol. The van der Waals surface area contributed by atoms with Crippen LogP contribution in [0.3, 0.4) is 0 Å². The topological polar surface area (TPSA) is 101 Å². The molecule has 0 radical (unpaired) electrons. The summed E-state index contributed by atoms with van der Waals surface area (Å²) in [6, 6.07) is 9.34. The summed E-state index contributed by atoms with van der Waals surface area (Å²) in [5.41, 5.74) is 0.753. The van der Waals surface area contributed by atoms with E-state index in [0.29, 0.717) is 22.1 Å². The Balaban J connectivity index is 1.63. The minimum absolute atomic E-state index is 0.228. The van der Waals surface area contributed by atoms with Gasteiger partial charge in [-0.1, -0.05) is 35.2 Å². The average Bonchev–Trinajstić information content (AvgIpc) is 3.32. The summed E-state index contributed by atoms with van der Waals surface area (Å²) in [7, 11) is -3.61. The molecule has 0 bridgehead atoms. The zero-order valence-corrected chi connectivity index (χ0v) is 17.1. The van der Waals surface area contributed by atoms with Crippen molar-refractivity contribution in [2.75, 3.05) is 15.8 Å². The number of hydrogen-bond donors (Lipinski definition) is 2. The Hall–Kier alpha value is -2.21. The van der Waals surface area contributed by atoms with Gasteiger partial charge in [0.05, 0.1) is 0 Å². The van der Waals surface area contributed by atoms with Crippen LogP contribution in [-0.4, -0.2) is 30.3 Å². The van der Waals surface area contributed by atoms with Gasteiger partial charge in [-0.3, -0.25) is 14.8 Å². The first-order valence-electron chi connectivity index (χ1n) is 7.53.